The third-order valence-corrected chi connectivity index (χ3v) is 3.66. The molecule has 0 aliphatic heterocycles. The molecule has 0 radical (unpaired) electrons. The molecule has 1 aromatic rings. The van der Waals surface area contributed by atoms with Gasteiger partial charge >= 0.3 is 5.97 Å². The maximum atomic E-state index is 12.4. The molecule has 1 aromatic carbocycles. The van der Waals surface area contributed by atoms with Crippen LogP contribution in [0.4, 0.5) is 5.69 Å². The van der Waals surface area contributed by atoms with Crippen molar-refractivity contribution in [2.75, 3.05) is 12.4 Å². The highest BCUT2D eigenvalue weighted by molar-refractivity contribution is 6.02. The fourth-order valence-electron chi connectivity index (χ4n) is 2.47. The van der Waals surface area contributed by atoms with Crippen LogP contribution in [0.5, 0.6) is 0 Å². The number of amides is 1. The van der Waals surface area contributed by atoms with Gasteiger partial charge in [-0.25, -0.2) is 4.79 Å². The number of benzene rings is 1. The summed E-state index contributed by atoms with van der Waals surface area (Å²) in [7, 11) is 1.25. The average Bonchev–Trinajstić information content (AvgIpc) is 2.54. The first-order chi connectivity index (χ1) is 10.5. The van der Waals surface area contributed by atoms with Crippen LogP contribution in [0.15, 0.2) is 36.4 Å². The van der Waals surface area contributed by atoms with Gasteiger partial charge in [0.05, 0.1) is 24.3 Å². The van der Waals surface area contributed by atoms with Gasteiger partial charge in [0.15, 0.2) is 0 Å². The van der Waals surface area contributed by atoms with Gasteiger partial charge in [0.1, 0.15) is 0 Å². The van der Waals surface area contributed by atoms with E-state index >= 15 is 0 Å². The standard InChI is InChI=1S/C16H17NO5/c1-22-16(21)12-8-4-5-9-13(12)17-14(18)10-6-2-3-7-11(10)15(19)20/h2-5,8-11H,6-7H2,1H3,(H,17,18)(H,19,20)/p-1/t10-,11+/m0/s1. The number of allylic oxidation sites excluding steroid dienone is 2. The van der Waals surface area contributed by atoms with E-state index < -0.39 is 29.7 Å². The molecule has 1 N–H and O–H groups in total. The van der Waals surface area contributed by atoms with Gasteiger partial charge in [0.2, 0.25) is 5.91 Å². The molecule has 22 heavy (non-hydrogen) atoms. The summed E-state index contributed by atoms with van der Waals surface area (Å²) in [5.74, 6) is -3.85. The molecule has 0 bridgehead atoms. The Hall–Kier alpha value is -2.63. The van der Waals surface area contributed by atoms with E-state index in [2.05, 4.69) is 10.1 Å². The summed E-state index contributed by atoms with van der Waals surface area (Å²) >= 11 is 0. The van der Waals surface area contributed by atoms with Gasteiger partial charge in [-0.15, -0.1) is 0 Å². The second kappa shape index (κ2) is 6.89. The van der Waals surface area contributed by atoms with Crippen molar-refractivity contribution in [3.63, 3.8) is 0 Å². The van der Waals surface area contributed by atoms with Gasteiger partial charge in [0, 0.05) is 11.9 Å². The Labute approximate surface area is 127 Å². The minimum Gasteiger partial charge on any atom is -0.550 e. The number of rotatable bonds is 4. The molecule has 6 nitrogen and oxygen atoms in total. The molecule has 0 saturated carbocycles. The highest BCUT2D eigenvalue weighted by Crippen LogP contribution is 2.27. The number of hydrogen-bond acceptors (Lipinski definition) is 5. The highest BCUT2D eigenvalue weighted by Gasteiger charge is 2.30. The van der Waals surface area contributed by atoms with E-state index in [0.717, 1.165) is 0 Å². The number of esters is 1. The van der Waals surface area contributed by atoms with E-state index in [9.17, 15) is 19.5 Å². The fraction of sp³-hybridized carbons (Fsp3) is 0.312. The number of aliphatic carboxylic acids is 1. The molecule has 0 unspecified atom stereocenters. The quantitative estimate of drug-likeness (QED) is 0.654. The zero-order valence-corrected chi connectivity index (χ0v) is 12.1. The summed E-state index contributed by atoms with van der Waals surface area (Å²) in [6.07, 6.45) is 4.09. The number of anilines is 1. The first-order valence-corrected chi connectivity index (χ1v) is 6.88. The number of para-hydroxylation sites is 1. The number of carbonyl (C=O) groups is 3. The Kier molecular flexibility index (Phi) is 4.93. The number of carboxylic acids is 1. The van der Waals surface area contributed by atoms with Gasteiger partial charge in [-0.1, -0.05) is 24.3 Å². The molecule has 2 rings (SSSR count). The van der Waals surface area contributed by atoms with Crippen molar-refractivity contribution in [2.24, 2.45) is 11.8 Å². The first kappa shape index (κ1) is 15.8. The van der Waals surface area contributed by atoms with E-state index in [0.29, 0.717) is 12.1 Å². The first-order valence-electron chi connectivity index (χ1n) is 6.88. The Bertz CT molecular complexity index is 623. The van der Waals surface area contributed by atoms with E-state index in [4.69, 9.17) is 0 Å². The Morgan fingerprint density at radius 1 is 1.14 bits per heavy atom. The molecule has 0 heterocycles. The Morgan fingerprint density at radius 3 is 2.41 bits per heavy atom. The number of hydrogen-bond donors (Lipinski definition) is 1. The molecular formula is C16H16NO5-. The number of nitrogens with one attached hydrogen (secondary N) is 1. The predicted molar refractivity (Wildman–Crippen MR) is 76.8 cm³/mol. The van der Waals surface area contributed by atoms with Crippen LogP contribution in [0.3, 0.4) is 0 Å². The summed E-state index contributed by atoms with van der Waals surface area (Å²) in [5, 5.41) is 13.8. The zero-order chi connectivity index (χ0) is 16.1. The van der Waals surface area contributed by atoms with Crippen LogP contribution in [-0.2, 0) is 14.3 Å². The number of ether oxygens (including phenoxy) is 1. The monoisotopic (exact) mass is 302 g/mol. The molecule has 1 aliphatic rings. The van der Waals surface area contributed by atoms with Crippen LogP contribution < -0.4 is 10.4 Å². The molecule has 0 fully saturated rings. The van der Waals surface area contributed by atoms with Crippen LogP contribution in [-0.4, -0.2) is 25.0 Å². The van der Waals surface area contributed by atoms with Crippen molar-refractivity contribution in [3.8, 4) is 0 Å². The third-order valence-electron chi connectivity index (χ3n) is 3.66. The molecule has 6 heteroatoms. The van der Waals surface area contributed by atoms with Crippen LogP contribution >= 0.6 is 0 Å². The van der Waals surface area contributed by atoms with Gasteiger partial charge in [-0.05, 0) is 25.0 Å². The molecule has 116 valence electrons. The molecule has 1 amide bonds. The van der Waals surface area contributed by atoms with Gasteiger partial charge in [-0.3, -0.25) is 4.79 Å². The summed E-state index contributed by atoms with van der Waals surface area (Å²) in [5.41, 5.74) is 0.515. The maximum absolute atomic E-state index is 12.4. The van der Waals surface area contributed by atoms with E-state index in [1.54, 1.807) is 30.4 Å². The van der Waals surface area contributed by atoms with Crippen molar-refractivity contribution in [1.29, 1.82) is 0 Å². The lowest BCUT2D eigenvalue weighted by atomic mass is 9.82. The molecule has 0 aromatic heterocycles. The predicted octanol–water partition coefficient (Wildman–Crippen LogP) is 0.744. The van der Waals surface area contributed by atoms with Gasteiger partial charge in [-0.2, -0.15) is 0 Å². The zero-order valence-electron chi connectivity index (χ0n) is 12.1. The summed E-state index contributed by atoms with van der Waals surface area (Å²) in [6.45, 7) is 0. The van der Waals surface area contributed by atoms with Crippen LogP contribution in [0.1, 0.15) is 23.2 Å². The second-order valence-corrected chi connectivity index (χ2v) is 5.00. The fourth-order valence-corrected chi connectivity index (χ4v) is 2.47. The topological polar surface area (TPSA) is 95.5 Å². The average molecular weight is 302 g/mol. The Morgan fingerprint density at radius 2 is 1.77 bits per heavy atom. The SMILES string of the molecule is COC(=O)c1ccccc1NC(=O)[C@H]1CC=CC[C@H]1C(=O)[O-]. The normalized spacial score (nSPS) is 20.2. The summed E-state index contributed by atoms with van der Waals surface area (Å²) in [6, 6.07) is 6.41. The van der Waals surface area contributed by atoms with E-state index in [1.807, 2.05) is 0 Å². The van der Waals surface area contributed by atoms with Crippen molar-refractivity contribution < 1.29 is 24.2 Å². The summed E-state index contributed by atoms with van der Waals surface area (Å²) in [4.78, 5) is 35.2. The Balaban J connectivity index is 2.20. The van der Waals surface area contributed by atoms with Crippen molar-refractivity contribution in [2.45, 2.75) is 12.8 Å². The van der Waals surface area contributed by atoms with Crippen molar-refractivity contribution in [1.82, 2.24) is 0 Å². The lowest BCUT2D eigenvalue weighted by molar-refractivity contribution is -0.313. The lowest BCUT2D eigenvalue weighted by Gasteiger charge is -2.28. The van der Waals surface area contributed by atoms with E-state index in [1.165, 1.54) is 13.2 Å². The second-order valence-electron chi connectivity index (χ2n) is 5.00. The molecule has 0 spiro atoms. The largest absolute Gasteiger partial charge is 0.550 e. The lowest BCUT2D eigenvalue weighted by Crippen LogP contribution is -2.41. The molecule has 1 aliphatic carbocycles. The summed E-state index contributed by atoms with van der Waals surface area (Å²) < 4.78 is 4.66. The minimum atomic E-state index is -1.24. The number of carbonyl (C=O) groups excluding carboxylic acids is 3. The maximum Gasteiger partial charge on any atom is 0.339 e. The number of methoxy groups -OCH3 is 1. The molecular weight excluding hydrogens is 286 g/mol. The van der Waals surface area contributed by atoms with Crippen LogP contribution in [0.2, 0.25) is 0 Å². The van der Waals surface area contributed by atoms with Gasteiger partial charge in [0.25, 0.3) is 0 Å². The highest BCUT2D eigenvalue weighted by atomic mass is 16.5. The van der Waals surface area contributed by atoms with Crippen molar-refractivity contribution >= 4 is 23.5 Å². The van der Waals surface area contributed by atoms with E-state index in [-0.39, 0.29) is 12.0 Å². The van der Waals surface area contributed by atoms with Crippen LogP contribution in [0, 0.1) is 11.8 Å². The smallest absolute Gasteiger partial charge is 0.339 e. The number of carboxylic acid groups (broad SMARTS) is 1. The third kappa shape index (κ3) is 3.33. The molecule has 2 atom stereocenters. The van der Waals surface area contributed by atoms with Crippen molar-refractivity contribution in [3.05, 3.63) is 42.0 Å². The van der Waals surface area contributed by atoms with Crippen LogP contribution in [0.25, 0.3) is 0 Å². The molecule has 0 saturated heterocycles. The van der Waals surface area contributed by atoms with Gasteiger partial charge < -0.3 is 20.0 Å². The minimum absolute atomic E-state index is 0.217.